The fourth-order valence-electron chi connectivity index (χ4n) is 1.66. The van der Waals surface area contributed by atoms with E-state index < -0.39 is 0 Å². The van der Waals surface area contributed by atoms with Crippen molar-refractivity contribution in [2.24, 2.45) is 0 Å². The molecule has 1 heterocycles. The van der Waals surface area contributed by atoms with E-state index in [2.05, 4.69) is 47.6 Å². The van der Waals surface area contributed by atoms with Crippen LogP contribution in [0.1, 0.15) is 26.3 Å². The van der Waals surface area contributed by atoms with Gasteiger partial charge in [0.15, 0.2) is 0 Å². The zero-order valence-corrected chi connectivity index (χ0v) is 13.2. The molecule has 1 N–H and O–H groups in total. The first-order valence-electron chi connectivity index (χ1n) is 6.20. The number of amides is 1. The van der Waals surface area contributed by atoms with E-state index in [0.717, 1.165) is 10.6 Å². The number of anilines is 1. The van der Waals surface area contributed by atoms with Crippen LogP contribution in [-0.4, -0.2) is 21.1 Å². The van der Waals surface area contributed by atoms with Crippen molar-refractivity contribution < 1.29 is 4.79 Å². The molecule has 20 heavy (non-hydrogen) atoms. The second kappa shape index (κ2) is 5.89. The monoisotopic (exact) mass is 309 g/mol. The molecule has 0 aliphatic rings. The summed E-state index contributed by atoms with van der Waals surface area (Å²) in [5.74, 6) is -0.107. The lowest BCUT2D eigenvalue weighted by Crippen LogP contribution is -2.13. The molecule has 0 unspecified atom stereocenters. The van der Waals surface area contributed by atoms with Crippen LogP contribution in [0.15, 0.2) is 24.3 Å². The molecule has 0 aliphatic heterocycles. The maximum Gasteiger partial charge on any atom is 0.241 e. The molecule has 2 rings (SSSR count). The first-order valence-corrected chi connectivity index (χ1v) is 7.51. The van der Waals surface area contributed by atoms with Crippen LogP contribution in [0.2, 0.25) is 0 Å². The number of nitrogens with zero attached hydrogens (tertiary/aromatic N) is 2. The number of halogens is 1. The van der Waals surface area contributed by atoms with Gasteiger partial charge in [-0.25, -0.2) is 0 Å². The summed E-state index contributed by atoms with van der Waals surface area (Å²) in [4.78, 5) is 15.4. The summed E-state index contributed by atoms with van der Waals surface area (Å²) in [5.41, 5.74) is 2.38. The summed E-state index contributed by atoms with van der Waals surface area (Å²) in [5, 5.41) is 3.31. The van der Waals surface area contributed by atoms with Gasteiger partial charge in [-0.2, -0.15) is 9.36 Å². The highest BCUT2D eigenvalue weighted by Gasteiger charge is 2.14. The number of aromatic nitrogens is 2. The van der Waals surface area contributed by atoms with E-state index in [9.17, 15) is 4.79 Å². The SMILES string of the molecule is CC(C)(C)c1ccc(-c2nc(NC(=O)CCl)ns2)cc1. The molecular weight excluding hydrogens is 294 g/mol. The number of hydrogen-bond donors (Lipinski definition) is 1. The van der Waals surface area contributed by atoms with Crippen molar-refractivity contribution in [2.75, 3.05) is 11.2 Å². The number of carbonyl (C=O) groups is 1. The van der Waals surface area contributed by atoms with Crippen molar-refractivity contribution in [3.63, 3.8) is 0 Å². The van der Waals surface area contributed by atoms with Crippen molar-refractivity contribution in [3.05, 3.63) is 29.8 Å². The van der Waals surface area contributed by atoms with Crippen molar-refractivity contribution >= 4 is 35.0 Å². The third kappa shape index (κ3) is 3.55. The predicted octanol–water partition coefficient (Wildman–Crippen LogP) is 3.68. The number of hydrogen-bond acceptors (Lipinski definition) is 4. The maximum absolute atomic E-state index is 11.2. The van der Waals surface area contributed by atoms with E-state index in [1.165, 1.54) is 17.1 Å². The van der Waals surface area contributed by atoms with Crippen molar-refractivity contribution in [3.8, 4) is 10.6 Å². The Bertz CT molecular complexity index is 602. The fraction of sp³-hybridized carbons (Fsp3) is 0.357. The normalized spacial score (nSPS) is 11.4. The van der Waals surface area contributed by atoms with Gasteiger partial charge in [0.25, 0.3) is 0 Å². The van der Waals surface area contributed by atoms with Crippen LogP contribution in [0.5, 0.6) is 0 Å². The van der Waals surface area contributed by atoms with Crippen LogP contribution in [0, 0.1) is 0 Å². The zero-order chi connectivity index (χ0) is 14.8. The summed E-state index contributed by atoms with van der Waals surface area (Å²) >= 11 is 6.67. The minimum atomic E-state index is -0.306. The Kier molecular flexibility index (Phi) is 4.40. The lowest BCUT2D eigenvalue weighted by atomic mass is 9.87. The second-order valence-corrected chi connectivity index (χ2v) is 6.45. The number of benzene rings is 1. The third-order valence-electron chi connectivity index (χ3n) is 2.80. The first-order chi connectivity index (χ1) is 9.40. The molecule has 1 amide bonds. The van der Waals surface area contributed by atoms with Gasteiger partial charge in [0.2, 0.25) is 11.9 Å². The lowest BCUT2D eigenvalue weighted by molar-refractivity contribution is -0.114. The van der Waals surface area contributed by atoms with Gasteiger partial charge < -0.3 is 0 Å². The fourth-order valence-corrected chi connectivity index (χ4v) is 2.36. The molecular formula is C14H16ClN3OS. The van der Waals surface area contributed by atoms with Crippen LogP contribution in [0.25, 0.3) is 10.6 Å². The molecule has 0 fully saturated rings. The average molecular weight is 310 g/mol. The summed E-state index contributed by atoms with van der Waals surface area (Å²) in [6.07, 6.45) is 0. The smallest absolute Gasteiger partial charge is 0.241 e. The Hall–Kier alpha value is -1.46. The molecule has 2 aromatic rings. The van der Waals surface area contributed by atoms with E-state index in [4.69, 9.17) is 11.6 Å². The van der Waals surface area contributed by atoms with Gasteiger partial charge in [-0.1, -0.05) is 45.0 Å². The highest BCUT2D eigenvalue weighted by atomic mass is 35.5. The topological polar surface area (TPSA) is 54.9 Å². The quantitative estimate of drug-likeness (QED) is 0.880. The standard InChI is InChI=1S/C14H16ClN3OS/c1-14(2,3)10-6-4-9(5-7-10)12-17-13(18-20-12)16-11(19)8-15/h4-7H,8H2,1-3H3,(H,16,18,19). The molecule has 106 valence electrons. The highest BCUT2D eigenvalue weighted by molar-refractivity contribution is 7.09. The molecule has 0 spiro atoms. The van der Waals surface area contributed by atoms with Crippen LogP contribution in [0.3, 0.4) is 0 Å². The summed E-state index contributed by atoms with van der Waals surface area (Å²) in [6, 6.07) is 8.23. The summed E-state index contributed by atoms with van der Waals surface area (Å²) in [6.45, 7) is 6.52. The Morgan fingerprint density at radius 2 is 1.95 bits per heavy atom. The Morgan fingerprint density at radius 3 is 2.50 bits per heavy atom. The van der Waals surface area contributed by atoms with Gasteiger partial charge in [-0.15, -0.1) is 11.6 Å². The predicted molar refractivity (Wildman–Crippen MR) is 83.4 cm³/mol. The van der Waals surface area contributed by atoms with Crippen LogP contribution < -0.4 is 5.32 Å². The molecule has 4 nitrogen and oxygen atoms in total. The summed E-state index contributed by atoms with van der Waals surface area (Å²) in [7, 11) is 0. The molecule has 0 atom stereocenters. The van der Waals surface area contributed by atoms with Crippen LogP contribution in [0.4, 0.5) is 5.95 Å². The van der Waals surface area contributed by atoms with Gasteiger partial charge in [0.05, 0.1) is 0 Å². The number of alkyl halides is 1. The Labute approximate surface area is 127 Å². The van der Waals surface area contributed by atoms with E-state index in [-0.39, 0.29) is 17.2 Å². The maximum atomic E-state index is 11.2. The Morgan fingerprint density at radius 1 is 1.30 bits per heavy atom. The molecule has 0 bridgehead atoms. The molecule has 0 saturated heterocycles. The van der Waals surface area contributed by atoms with E-state index >= 15 is 0 Å². The van der Waals surface area contributed by atoms with Gasteiger partial charge >= 0.3 is 0 Å². The number of carbonyl (C=O) groups excluding carboxylic acids is 1. The minimum Gasteiger partial charge on any atom is -0.293 e. The first kappa shape index (κ1) is 14.9. The molecule has 0 radical (unpaired) electrons. The van der Waals surface area contributed by atoms with Crippen LogP contribution >= 0.6 is 23.1 Å². The highest BCUT2D eigenvalue weighted by Crippen LogP contribution is 2.27. The largest absolute Gasteiger partial charge is 0.293 e. The van der Waals surface area contributed by atoms with Gasteiger partial charge in [0, 0.05) is 5.56 Å². The van der Waals surface area contributed by atoms with Crippen LogP contribution in [-0.2, 0) is 10.2 Å². The van der Waals surface area contributed by atoms with Crippen molar-refractivity contribution in [1.82, 2.24) is 9.36 Å². The molecule has 1 aromatic heterocycles. The molecule has 6 heteroatoms. The van der Waals surface area contributed by atoms with Gasteiger partial charge in [0.1, 0.15) is 10.9 Å². The number of rotatable bonds is 3. The van der Waals surface area contributed by atoms with Crippen molar-refractivity contribution in [2.45, 2.75) is 26.2 Å². The van der Waals surface area contributed by atoms with Gasteiger partial charge in [-0.05, 0) is 22.5 Å². The van der Waals surface area contributed by atoms with E-state index in [1.807, 2.05) is 12.1 Å². The van der Waals surface area contributed by atoms with Crippen molar-refractivity contribution in [1.29, 1.82) is 0 Å². The Balaban J connectivity index is 2.18. The molecule has 0 saturated carbocycles. The van der Waals surface area contributed by atoms with E-state index in [0.29, 0.717) is 5.95 Å². The average Bonchev–Trinajstić information content (AvgIpc) is 2.86. The van der Waals surface area contributed by atoms with Gasteiger partial charge in [-0.3, -0.25) is 10.1 Å². The second-order valence-electron chi connectivity index (χ2n) is 5.43. The molecule has 0 aliphatic carbocycles. The molecule has 1 aromatic carbocycles. The summed E-state index contributed by atoms with van der Waals surface area (Å²) < 4.78 is 4.09. The van der Waals surface area contributed by atoms with E-state index in [1.54, 1.807) is 0 Å². The number of nitrogens with one attached hydrogen (secondary N) is 1. The lowest BCUT2D eigenvalue weighted by Gasteiger charge is -2.18. The zero-order valence-electron chi connectivity index (χ0n) is 11.6. The minimum absolute atomic E-state index is 0.102. The third-order valence-corrected chi connectivity index (χ3v) is 3.80.